The summed E-state index contributed by atoms with van der Waals surface area (Å²) in [7, 11) is 4.02. The number of oxazole rings is 1. The SMILES string of the molecule is CCN(Cc1ccc(N(C)C)cc1)C(=O)/C=C/c1nc2ccccc2o1. The van der Waals surface area contributed by atoms with Gasteiger partial charge >= 0.3 is 0 Å². The van der Waals surface area contributed by atoms with E-state index in [4.69, 9.17) is 4.42 Å². The molecule has 0 fully saturated rings. The second-order valence-electron chi connectivity index (χ2n) is 6.27. The van der Waals surface area contributed by atoms with Crippen molar-refractivity contribution < 1.29 is 9.21 Å². The molecule has 0 spiro atoms. The minimum Gasteiger partial charge on any atom is -0.437 e. The van der Waals surface area contributed by atoms with Crippen molar-refractivity contribution in [2.45, 2.75) is 13.5 Å². The van der Waals surface area contributed by atoms with Crippen LogP contribution < -0.4 is 4.90 Å². The number of rotatable bonds is 6. The Morgan fingerprint density at radius 1 is 1.12 bits per heavy atom. The molecular formula is C21H23N3O2. The van der Waals surface area contributed by atoms with Crippen molar-refractivity contribution in [2.24, 2.45) is 0 Å². The summed E-state index contributed by atoms with van der Waals surface area (Å²) < 4.78 is 5.61. The van der Waals surface area contributed by atoms with E-state index in [1.807, 2.05) is 45.3 Å². The predicted octanol–water partition coefficient (Wildman–Crippen LogP) is 3.96. The Morgan fingerprint density at radius 3 is 2.50 bits per heavy atom. The number of likely N-dealkylation sites (N-methyl/N-ethyl adjacent to an activating group) is 1. The van der Waals surface area contributed by atoms with Crippen LogP contribution in [-0.4, -0.2) is 36.4 Å². The van der Waals surface area contributed by atoms with Gasteiger partial charge in [-0.3, -0.25) is 4.79 Å². The zero-order valence-electron chi connectivity index (χ0n) is 15.3. The zero-order chi connectivity index (χ0) is 18.5. The molecule has 2 aromatic carbocycles. The van der Waals surface area contributed by atoms with Crippen LogP contribution in [0.2, 0.25) is 0 Å². The Bertz CT molecular complexity index is 877. The standard InChI is InChI=1S/C21H23N3O2/c1-4-24(15-16-9-11-17(12-10-16)23(2)3)21(25)14-13-20-22-18-7-5-6-8-19(18)26-20/h5-14H,4,15H2,1-3H3/b14-13+. The second-order valence-corrected chi connectivity index (χ2v) is 6.27. The highest BCUT2D eigenvalue weighted by Gasteiger charge is 2.10. The molecule has 3 aromatic rings. The van der Waals surface area contributed by atoms with Crippen molar-refractivity contribution in [1.29, 1.82) is 0 Å². The monoisotopic (exact) mass is 349 g/mol. The highest BCUT2D eigenvalue weighted by atomic mass is 16.3. The molecular weight excluding hydrogens is 326 g/mol. The fraction of sp³-hybridized carbons (Fsp3) is 0.238. The minimum absolute atomic E-state index is 0.0635. The number of nitrogens with zero attached hydrogens (tertiary/aromatic N) is 3. The lowest BCUT2D eigenvalue weighted by Crippen LogP contribution is -2.28. The molecule has 1 amide bonds. The summed E-state index contributed by atoms with van der Waals surface area (Å²) in [6, 6.07) is 15.8. The Balaban J connectivity index is 1.67. The van der Waals surface area contributed by atoms with Crippen LogP contribution in [0.1, 0.15) is 18.4 Å². The van der Waals surface area contributed by atoms with E-state index >= 15 is 0 Å². The maximum Gasteiger partial charge on any atom is 0.247 e. The first kappa shape index (κ1) is 17.7. The molecule has 5 heteroatoms. The number of para-hydroxylation sites is 2. The highest BCUT2D eigenvalue weighted by Crippen LogP contribution is 2.16. The van der Waals surface area contributed by atoms with Gasteiger partial charge in [0.1, 0.15) is 5.52 Å². The molecule has 0 bridgehead atoms. The van der Waals surface area contributed by atoms with Crippen molar-refractivity contribution in [1.82, 2.24) is 9.88 Å². The Hall–Kier alpha value is -3.08. The van der Waals surface area contributed by atoms with E-state index in [0.29, 0.717) is 24.6 Å². The third kappa shape index (κ3) is 4.11. The Kier molecular flexibility index (Phi) is 5.37. The van der Waals surface area contributed by atoms with E-state index < -0.39 is 0 Å². The molecule has 0 N–H and O–H groups in total. The van der Waals surface area contributed by atoms with Gasteiger partial charge in [0.25, 0.3) is 0 Å². The van der Waals surface area contributed by atoms with Crippen LogP contribution in [-0.2, 0) is 11.3 Å². The summed E-state index contributed by atoms with van der Waals surface area (Å²) in [5, 5.41) is 0. The molecule has 0 saturated heterocycles. The predicted molar refractivity (Wildman–Crippen MR) is 105 cm³/mol. The second kappa shape index (κ2) is 7.87. The van der Waals surface area contributed by atoms with Crippen LogP contribution in [0.25, 0.3) is 17.2 Å². The number of benzene rings is 2. The van der Waals surface area contributed by atoms with Gasteiger partial charge in [-0.25, -0.2) is 4.98 Å². The van der Waals surface area contributed by atoms with Gasteiger partial charge in [-0.2, -0.15) is 0 Å². The fourth-order valence-electron chi connectivity index (χ4n) is 2.67. The molecule has 1 heterocycles. The van der Waals surface area contributed by atoms with Gasteiger partial charge in [0.15, 0.2) is 5.58 Å². The smallest absolute Gasteiger partial charge is 0.247 e. The quantitative estimate of drug-likeness (QED) is 0.632. The normalized spacial score (nSPS) is 11.2. The third-order valence-corrected chi connectivity index (χ3v) is 4.20. The minimum atomic E-state index is -0.0635. The van der Waals surface area contributed by atoms with Crippen LogP contribution >= 0.6 is 0 Å². The topological polar surface area (TPSA) is 49.6 Å². The molecule has 134 valence electrons. The summed E-state index contributed by atoms with van der Waals surface area (Å²) in [6.45, 7) is 3.17. The molecule has 1 aromatic heterocycles. The molecule has 0 unspecified atom stereocenters. The van der Waals surface area contributed by atoms with Crippen molar-refractivity contribution in [3.63, 3.8) is 0 Å². The maximum atomic E-state index is 12.5. The van der Waals surface area contributed by atoms with Crippen LogP contribution in [0, 0.1) is 0 Å². The van der Waals surface area contributed by atoms with Crippen molar-refractivity contribution in [3.05, 3.63) is 66.1 Å². The summed E-state index contributed by atoms with van der Waals surface area (Å²) in [5.74, 6) is 0.373. The fourth-order valence-corrected chi connectivity index (χ4v) is 2.67. The van der Waals surface area contributed by atoms with E-state index in [-0.39, 0.29) is 5.91 Å². The van der Waals surface area contributed by atoms with Crippen LogP contribution in [0.3, 0.4) is 0 Å². The first-order valence-corrected chi connectivity index (χ1v) is 8.65. The first-order chi connectivity index (χ1) is 12.6. The molecule has 0 aliphatic carbocycles. The molecule has 0 atom stereocenters. The van der Waals surface area contributed by atoms with E-state index in [9.17, 15) is 4.79 Å². The number of fused-ring (bicyclic) bond motifs is 1. The largest absolute Gasteiger partial charge is 0.437 e. The first-order valence-electron chi connectivity index (χ1n) is 8.65. The van der Waals surface area contributed by atoms with Gasteiger partial charge in [0, 0.05) is 45.0 Å². The number of hydrogen-bond donors (Lipinski definition) is 0. The average Bonchev–Trinajstić information content (AvgIpc) is 3.07. The number of carbonyl (C=O) groups excluding carboxylic acids is 1. The van der Waals surface area contributed by atoms with Crippen molar-refractivity contribution in [2.75, 3.05) is 25.5 Å². The van der Waals surface area contributed by atoms with E-state index in [1.54, 1.807) is 11.0 Å². The maximum absolute atomic E-state index is 12.5. The number of hydrogen-bond acceptors (Lipinski definition) is 4. The summed E-state index contributed by atoms with van der Waals surface area (Å²) in [4.78, 5) is 20.7. The summed E-state index contributed by atoms with van der Waals surface area (Å²) in [5.41, 5.74) is 3.74. The molecule has 0 aliphatic heterocycles. The van der Waals surface area contributed by atoms with Gasteiger partial charge in [-0.05, 0) is 36.8 Å². The average molecular weight is 349 g/mol. The Morgan fingerprint density at radius 2 is 1.85 bits per heavy atom. The number of anilines is 1. The molecule has 3 rings (SSSR count). The molecule has 5 nitrogen and oxygen atoms in total. The lowest BCUT2D eigenvalue weighted by Gasteiger charge is -2.20. The molecule has 0 aliphatic rings. The zero-order valence-corrected chi connectivity index (χ0v) is 15.3. The highest BCUT2D eigenvalue weighted by molar-refractivity contribution is 5.91. The van der Waals surface area contributed by atoms with Gasteiger partial charge in [0.2, 0.25) is 11.8 Å². The van der Waals surface area contributed by atoms with Crippen LogP contribution in [0.15, 0.2) is 59.0 Å². The van der Waals surface area contributed by atoms with E-state index in [2.05, 4.69) is 34.1 Å². The van der Waals surface area contributed by atoms with Crippen molar-refractivity contribution >= 4 is 28.8 Å². The summed E-state index contributed by atoms with van der Waals surface area (Å²) >= 11 is 0. The van der Waals surface area contributed by atoms with E-state index in [0.717, 1.165) is 16.8 Å². The lowest BCUT2D eigenvalue weighted by molar-refractivity contribution is -0.126. The van der Waals surface area contributed by atoms with Gasteiger partial charge in [-0.1, -0.05) is 24.3 Å². The summed E-state index contributed by atoms with van der Waals surface area (Å²) in [6.07, 6.45) is 3.14. The lowest BCUT2D eigenvalue weighted by atomic mass is 10.2. The van der Waals surface area contributed by atoms with Gasteiger partial charge in [0.05, 0.1) is 0 Å². The number of amides is 1. The van der Waals surface area contributed by atoms with Gasteiger partial charge in [-0.15, -0.1) is 0 Å². The molecule has 0 saturated carbocycles. The van der Waals surface area contributed by atoms with Crippen LogP contribution in [0.4, 0.5) is 5.69 Å². The van der Waals surface area contributed by atoms with Crippen molar-refractivity contribution in [3.8, 4) is 0 Å². The van der Waals surface area contributed by atoms with E-state index in [1.165, 1.54) is 6.08 Å². The third-order valence-electron chi connectivity index (χ3n) is 4.20. The number of aromatic nitrogens is 1. The molecule has 0 radical (unpaired) electrons. The Labute approximate surface area is 153 Å². The van der Waals surface area contributed by atoms with Gasteiger partial charge < -0.3 is 14.2 Å². The number of carbonyl (C=O) groups is 1. The van der Waals surface area contributed by atoms with Crippen LogP contribution in [0.5, 0.6) is 0 Å². The molecule has 26 heavy (non-hydrogen) atoms.